The van der Waals surface area contributed by atoms with Gasteiger partial charge in [0.25, 0.3) is 0 Å². The fourth-order valence-corrected chi connectivity index (χ4v) is 3.25. The fraction of sp³-hybridized carbons (Fsp3) is 0.406. The van der Waals surface area contributed by atoms with Crippen LogP contribution in [0.5, 0.6) is 0 Å². The van der Waals surface area contributed by atoms with Crippen LogP contribution >= 0.6 is 0 Å². The van der Waals surface area contributed by atoms with Crippen molar-refractivity contribution in [1.29, 1.82) is 0 Å². The summed E-state index contributed by atoms with van der Waals surface area (Å²) in [5.74, 6) is 2.45. The van der Waals surface area contributed by atoms with E-state index in [1.165, 1.54) is 22.4 Å². The minimum Gasteiger partial charge on any atom is -0.272 e. The van der Waals surface area contributed by atoms with E-state index in [2.05, 4.69) is 101 Å². The Morgan fingerprint density at radius 1 is 0.500 bits per heavy atom. The number of aromatic nitrogens is 4. The van der Waals surface area contributed by atoms with Crippen molar-refractivity contribution in [2.45, 2.75) is 79.1 Å². The van der Waals surface area contributed by atoms with Gasteiger partial charge in [-0.25, -0.2) is 0 Å². The molecule has 0 bridgehead atoms. The number of hydrogen-bond acceptors (Lipinski definition) is 3. The molecule has 0 radical (unpaired) electrons. The highest BCUT2D eigenvalue weighted by atomic mass is 15.3. The van der Waals surface area contributed by atoms with Crippen molar-refractivity contribution in [2.75, 3.05) is 0 Å². The average Bonchev–Trinajstić information content (AvgIpc) is 3.33. The Bertz CT molecular complexity index is 934. The van der Waals surface area contributed by atoms with E-state index in [1.807, 2.05) is 66.8 Å². The molecule has 0 aliphatic rings. The molecule has 0 amide bonds. The van der Waals surface area contributed by atoms with Gasteiger partial charge in [0.2, 0.25) is 0 Å². The Labute approximate surface area is 219 Å². The van der Waals surface area contributed by atoms with Crippen molar-refractivity contribution < 1.29 is 0 Å². The van der Waals surface area contributed by atoms with Crippen molar-refractivity contribution in [3.63, 3.8) is 0 Å². The molecule has 0 aliphatic carbocycles. The van der Waals surface area contributed by atoms with Crippen LogP contribution in [-0.4, -0.2) is 19.7 Å². The van der Waals surface area contributed by atoms with Gasteiger partial charge in [-0.05, 0) is 64.6 Å². The number of pyridine rings is 2. The molecule has 3 aromatic heterocycles. The van der Waals surface area contributed by atoms with Gasteiger partial charge < -0.3 is 0 Å². The maximum atomic E-state index is 4.05. The van der Waals surface area contributed by atoms with Gasteiger partial charge in [-0.2, -0.15) is 5.10 Å². The predicted molar refractivity (Wildman–Crippen MR) is 154 cm³/mol. The summed E-state index contributed by atoms with van der Waals surface area (Å²) in [5.41, 5.74) is 5.36. The van der Waals surface area contributed by atoms with E-state index in [9.17, 15) is 0 Å². The molecule has 0 atom stereocenters. The highest BCUT2D eigenvalue weighted by molar-refractivity contribution is 5.17. The van der Waals surface area contributed by atoms with Gasteiger partial charge in [0.05, 0.1) is 0 Å². The van der Waals surface area contributed by atoms with Crippen LogP contribution in [0.1, 0.15) is 101 Å². The number of rotatable bonds is 4. The molecule has 0 unspecified atom stereocenters. The highest BCUT2D eigenvalue weighted by Gasteiger charge is 2.01. The van der Waals surface area contributed by atoms with Crippen LogP contribution in [0.15, 0.2) is 91.6 Å². The van der Waals surface area contributed by atoms with Crippen LogP contribution in [-0.2, 0) is 7.05 Å². The van der Waals surface area contributed by atoms with Gasteiger partial charge in [0, 0.05) is 43.7 Å². The molecule has 3 heterocycles. The molecule has 1 aromatic carbocycles. The molecule has 0 spiro atoms. The monoisotopic (exact) mass is 486 g/mol. The minimum atomic E-state index is 0.581. The maximum absolute atomic E-state index is 4.05. The molecule has 0 fully saturated rings. The lowest BCUT2D eigenvalue weighted by Gasteiger charge is -2.02. The molecule has 0 N–H and O–H groups in total. The topological polar surface area (TPSA) is 43.6 Å². The summed E-state index contributed by atoms with van der Waals surface area (Å²) in [6.07, 6.45) is 9.19. The Kier molecular flexibility index (Phi) is 14.7. The molecule has 194 valence electrons. The van der Waals surface area contributed by atoms with Crippen molar-refractivity contribution >= 4 is 0 Å². The Balaban J connectivity index is 0.000000240. The summed E-state index contributed by atoms with van der Waals surface area (Å²) >= 11 is 0. The van der Waals surface area contributed by atoms with Crippen LogP contribution < -0.4 is 0 Å². The summed E-state index contributed by atoms with van der Waals surface area (Å²) in [6, 6.07) is 20.7. The van der Waals surface area contributed by atoms with E-state index >= 15 is 0 Å². The lowest BCUT2D eigenvalue weighted by Crippen LogP contribution is -1.98. The largest absolute Gasteiger partial charge is 0.272 e. The van der Waals surface area contributed by atoms with Crippen molar-refractivity contribution in [1.82, 2.24) is 19.7 Å². The van der Waals surface area contributed by atoms with Gasteiger partial charge >= 0.3 is 0 Å². The third-order valence-electron chi connectivity index (χ3n) is 5.64. The normalized spacial score (nSPS) is 10.2. The molecule has 4 nitrogen and oxygen atoms in total. The molecule has 0 saturated heterocycles. The van der Waals surface area contributed by atoms with Gasteiger partial charge in [-0.1, -0.05) is 91.8 Å². The average molecular weight is 487 g/mol. The summed E-state index contributed by atoms with van der Waals surface area (Å²) in [5, 5.41) is 4.05. The molecule has 4 aromatic rings. The molecule has 36 heavy (non-hydrogen) atoms. The summed E-state index contributed by atoms with van der Waals surface area (Å²) in [4.78, 5) is 7.93. The fourth-order valence-electron chi connectivity index (χ4n) is 3.25. The zero-order valence-electron chi connectivity index (χ0n) is 23.8. The van der Waals surface area contributed by atoms with Gasteiger partial charge in [-0.15, -0.1) is 0 Å². The molecule has 0 aliphatic heterocycles. The quantitative estimate of drug-likeness (QED) is 0.289. The van der Waals surface area contributed by atoms with E-state index in [1.54, 1.807) is 6.20 Å². The van der Waals surface area contributed by atoms with E-state index < -0.39 is 0 Å². The second-order valence-corrected chi connectivity index (χ2v) is 9.98. The maximum Gasteiger partial charge on any atom is 0.0492 e. The number of nitrogens with zero attached hydrogens (tertiary/aromatic N) is 4. The first-order valence-corrected chi connectivity index (χ1v) is 13.0. The summed E-state index contributed by atoms with van der Waals surface area (Å²) in [6.45, 7) is 17.4. The van der Waals surface area contributed by atoms with Gasteiger partial charge in [0.15, 0.2) is 0 Å². The third kappa shape index (κ3) is 12.4. The van der Waals surface area contributed by atoms with E-state index in [4.69, 9.17) is 0 Å². The van der Waals surface area contributed by atoms with Crippen molar-refractivity contribution in [2.24, 2.45) is 7.05 Å². The Morgan fingerprint density at radius 3 is 1.33 bits per heavy atom. The summed E-state index contributed by atoms with van der Waals surface area (Å²) in [7, 11) is 1.97. The number of hydrogen-bond donors (Lipinski definition) is 0. The first-order valence-electron chi connectivity index (χ1n) is 13.0. The first-order chi connectivity index (χ1) is 17.1. The minimum absolute atomic E-state index is 0.581. The molecular weight excluding hydrogens is 440 g/mol. The van der Waals surface area contributed by atoms with Crippen LogP contribution in [0.25, 0.3) is 0 Å². The van der Waals surface area contributed by atoms with E-state index in [-0.39, 0.29) is 0 Å². The lowest BCUT2D eigenvalue weighted by molar-refractivity contribution is 0.669. The third-order valence-corrected chi connectivity index (χ3v) is 5.64. The van der Waals surface area contributed by atoms with Crippen LogP contribution in [0, 0.1) is 0 Å². The predicted octanol–water partition coefficient (Wildman–Crippen LogP) is 8.76. The van der Waals surface area contributed by atoms with Crippen molar-refractivity contribution in [3.05, 3.63) is 114 Å². The number of aryl methyl sites for hydroxylation is 1. The summed E-state index contributed by atoms with van der Waals surface area (Å²) < 4.78 is 1.91. The van der Waals surface area contributed by atoms with Crippen LogP contribution in [0.3, 0.4) is 0 Å². The SMILES string of the molecule is CC(C)c1ccccc1.CC(C)c1cccnc1.CC(C)c1ccncc1.CC(C)c1ccnn1C. The lowest BCUT2D eigenvalue weighted by atomic mass is 10.0. The Morgan fingerprint density at radius 2 is 1.03 bits per heavy atom. The molecule has 4 heteroatoms. The van der Waals surface area contributed by atoms with Crippen molar-refractivity contribution in [3.8, 4) is 0 Å². The molecular formula is C32H46N4. The zero-order chi connectivity index (χ0) is 26.9. The Hall–Kier alpha value is -3.27. The molecule has 0 saturated carbocycles. The highest BCUT2D eigenvalue weighted by Crippen LogP contribution is 2.13. The van der Waals surface area contributed by atoms with E-state index in [0.717, 1.165) is 0 Å². The molecule has 4 rings (SSSR count). The zero-order valence-corrected chi connectivity index (χ0v) is 23.8. The first kappa shape index (κ1) is 30.8. The number of benzene rings is 1. The van der Waals surface area contributed by atoms with Crippen LogP contribution in [0.2, 0.25) is 0 Å². The van der Waals surface area contributed by atoms with E-state index in [0.29, 0.717) is 23.7 Å². The second-order valence-electron chi connectivity index (χ2n) is 9.98. The van der Waals surface area contributed by atoms with Crippen LogP contribution in [0.4, 0.5) is 0 Å². The van der Waals surface area contributed by atoms with Gasteiger partial charge in [-0.3, -0.25) is 14.6 Å². The standard InChI is InChI=1S/C9H12.2C8H11N.C7H12N2/c1-8(2)9-6-4-3-5-7-9;1-7(2)8-3-5-9-6-4-8;1-7(2)8-4-3-5-9-6-8;1-6(2)7-4-5-8-9(7)3/h3-8H,1-2H3;2*3-7H,1-2H3;4-6H,1-3H3. The smallest absolute Gasteiger partial charge is 0.0492 e. The second kappa shape index (κ2) is 17.2. The van der Waals surface area contributed by atoms with Gasteiger partial charge in [0.1, 0.15) is 0 Å².